The second kappa shape index (κ2) is 7.99. The smallest absolute Gasteiger partial charge is 0.0543 e. The number of fused-ring (bicyclic) bond motifs is 5. The summed E-state index contributed by atoms with van der Waals surface area (Å²) in [6, 6.07) is 0. The van der Waals surface area contributed by atoms with Crippen LogP contribution in [-0.2, 0) is 0 Å². The summed E-state index contributed by atoms with van der Waals surface area (Å²) in [5.74, 6) is 6.66. The van der Waals surface area contributed by atoms with Gasteiger partial charge in [0.1, 0.15) is 0 Å². The SMILES string of the molecule is CC(C)[C@@H](C)/C=C/[C@@H](C)[C@H]1CC[C@H]2[C@@H]3CC[C@H]4C[C@@H](O)CC[C@]4(C)[C@H]3CC[C@]12C. The average molecular weight is 401 g/mol. The Balaban J connectivity index is 1.50. The lowest BCUT2D eigenvalue weighted by Crippen LogP contribution is -2.54. The zero-order chi connectivity index (χ0) is 21.0. The molecule has 0 radical (unpaired) electrons. The molecule has 4 aliphatic carbocycles. The monoisotopic (exact) mass is 400 g/mol. The summed E-state index contributed by atoms with van der Waals surface area (Å²) in [5, 5.41) is 10.3. The molecule has 29 heavy (non-hydrogen) atoms. The second-order valence-electron chi connectivity index (χ2n) is 12.7. The molecule has 0 heterocycles. The highest BCUT2D eigenvalue weighted by Crippen LogP contribution is 2.68. The van der Waals surface area contributed by atoms with Gasteiger partial charge in [0.2, 0.25) is 0 Å². The van der Waals surface area contributed by atoms with E-state index in [0.29, 0.717) is 16.7 Å². The van der Waals surface area contributed by atoms with Gasteiger partial charge in [0.05, 0.1) is 6.10 Å². The standard InChI is InChI=1S/C28H48O/c1-18(2)19(3)7-8-20(4)24-11-12-25-23-10-9-21-17-22(29)13-15-27(21,5)26(23)14-16-28(24,25)6/h7-8,18-26,29H,9-17H2,1-6H3/b8-7+/t19-,20+,21-,22-,23-,24+,25-,26-,27-,28+/m0/s1. The van der Waals surface area contributed by atoms with Crippen molar-refractivity contribution in [1.82, 2.24) is 0 Å². The molecule has 0 aromatic heterocycles. The van der Waals surface area contributed by atoms with Gasteiger partial charge in [0, 0.05) is 0 Å². The van der Waals surface area contributed by atoms with Crippen molar-refractivity contribution in [2.45, 2.75) is 105 Å². The Hall–Kier alpha value is -0.300. The predicted molar refractivity (Wildman–Crippen MR) is 124 cm³/mol. The van der Waals surface area contributed by atoms with Gasteiger partial charge in [-0.05, 0) is 116 Å². The number of aliphatic hydroxyl groups excluding tert-OH is 1. The van der Waals surface area contributed by atoms with Gasteiger partial charge in [-0.15, -0.1) is 0 Å². The van der Waals surface area contributed by atoms with Gasteiger partial charge < -0.3 is 5.11 Å². The summed E-state index contributed by atoms with van der Waals surface area (Å²) in [6.07, 6.45) is 17.1. The zero-order valence-electron chi connectivity index (χ0n) is 20.2. The van der Waals surface area contributed by atoms with E-state index in [1.165, 1.54) is 44.9 Å². The maximum Gasteiger partial charge on any atom is 0.0543 e. The van der Waals surface area contributed by atoms with Gasteiger partial charge >= 0.3 is 0 Å². The third kappa shape index (κ3) is 3.66. The number of hydrogen-bond donors (Lipinski definition) is 1. The Morgan fingerprint density at radius 2 is 1.48 bits per heavy atom. The van der Waals surface area contributed by atoms with Gasteiger partial charge in [-0.2, -0.15) is 0 Å². The van der Waals surface area contributed by atoms with Gasteiger partial charge in [0.15, 0.2) is 0 Å². The summed E-state index contributed by atoms with van der Waals surface area (Å²) in [6.45, 7) is 14.9. The molecule has 0 bridgehead atoms. The topological polar surface area (TPSA) is 20.2 Å². The quantitative estimate of drug-likeness (QED) is 0.485. The summed E-state index contributed by atoms with van der Waals surface area (Å²) < 4.78 is 0. The molecule has 166 valence electrons. The van der Waals surface area contributed by atoms with Crippen LogP contribution in [0.4, 0.5) is 0 Å². The van der Waals surface area contributed by atoms with E-state index < -0.39 is 0 Å². The van der Waals surface area contributed by atoms with E-state index in [4.69, 9.17) is 0 Å². The first-order valence-electron chi connectivity index (χ1n) is 13.0. The summed E-state index contributed by atoms with van der Waals surface area (Å²) in [4.78, 5) is 0. The molecule has 10 atom stereocenters. The minimum absolute atomic E-state index is 0.0183. The number of hydrogen-bond acceptors (Lipinski definition) is 1. The fourth-order valence-corrected chi connectivity index (χ4v) is 8.85. The highest BCUT2D eigenvalue weighted by molar-refractivity contribution is 5.11. The molecule has 0 unspecified atom stereocenters. The van der Waals surface area contributed by atoms with E-state index in [9.17, 15) is 5.11 Å². The van der Waals surface area contributed by atoms with E-state index in [1.807, 2.05) is 0 Å². The Labute approximate surface area is 181 Å². The van der Waals surface area contributed by atoms with Crippen molar-refractivity contribution < 1.29 is 5.11 Å². The Kier molecular flexibility index (Phi) is 6.04. The molecule has 4 saturated carbocycles. The van der Waals surface area contributed by atoms with Crippen LogP contribution in [0.2, 0.25) is 0 Å². The number of allylic oxidation sites excluding steroid dienone is 2. The van der Waals surface area contributed by atoms with Crippen molar-refractivity contribution in [3.05, 3.63) is 12.2 Å². The van der Waals surface area contributed by atoms with Crippen LogP contribution in [0.3, 0.4) is 0 Å². The molecule has 1 nitrogen and oxygen atoms in total. The second-order valence-corrected chi connectivity index (χ2v) is 12.7. The molecule has 0 aliphatic heterocycles. The van der Waals surface area contributed by atoms with Crippen molar-refractivity contribution >= 4 is 0 Å². The van der Waals surface area contributed by atoms with Crippen LogP contribution in [-0.4, -0.2) is 11.2 Å². The molecule has 0 saturated heterocycles. The first-order chi connectivity index (χ1) is 13.7. The molecule has 0 amide bonds. The molecule has 4 aliphatic rings. The normalized spacial score (nSPS) is 49.5. The summed E-state index contributed by atoms with van der Waals surface area (Å²) in [5.41, 5.74) is 1.07. The lowest BCUT2D eigenvalue weighted by Gasteiger charge is -2.61. The highest BCUT2D eigenvalue weighted by Gasteiger charge is 2.60. The third-order valence-electron chi connectivity index (χ3n) is 11.1. The van der Waals surface area contributed by atoms with Crippen molar-refractivity contribution in [3.63, 3.8) is 0 Å². The van der Waals surface area contributed by atoms with E-state index in [2.05, 4.69) is 53.7 Å². The first kappa shape index (κ1) is 21.9. The van der Waals surface area contributed by atoms with Gasteiger partial charge in [0.25, 0.3) is 0 Å². The minimum atomic E-state index is -0.0183. The minimum Gasteiger partial charge on any atom is -0.393 e. The fourth-order valence-electron chi connectivity index (χ4n) is 8.85. The van der Waals surface area contributed by atoms with Crippen molar-refractivity contribution in [2.24, 2.45) is 58.2 Å². The predicted octanol–water partition coefficient (Wildman–Crippen LogP) is 7.49. The molecule has 0 spiro atoms. The molecule has 4 rings (SSSR count). The molecular formula is C28H48O. The van der Waals surface area contributed by atoms with E-state index in [1.54, 1.807) is 0 Å². The molecule has 0 aromatic rings. The maximum atomic E-state index is 10.3. The van der Waals surface area contributed by atoms with E-state index in [0.717, 1.165) is 54.3 Å². The van der Waals surface area contributed by atoms with Crippen LogP contribution in [0.5, 0.6) is 0 Å². The molecule has 4 fully saturated rings. The molecule has 0 aromatic carbocycles. The Bertz CT molecular complexity index is 607. The van der Waals surface area contributed by atoms with Gasteiger partial charge in [-0.1, -0.05) is 53.7 Å². The third-order valence-corrected chi connectivity index (χ3v) is 11.1. The Morgan fingerprint density at radius 3 is 2.21 bits per heavy atom. The van der Waals surface area contributed by atoms with Crippen LogP contribution in [0, 0.1) is 58.2 Å². The van der Waals surface area contributed by atoms with E-state index >= 15 is 0 Å². The van der Waals surface area contributed by atoms with Crippen LogP contribution < -0.4 is 0 Å². The largest absolute Gasteiger partial charge is 0.393 e. The lowest BCUT2D eigenvalue weighted by molar-refractivity contribution is -0.128. The Morgan fingerprint density at radius 1 is 0.793 bits per heavy atom. The zero-order valence-corrected chi connectivity index (χ0v) is 20.2. The molecular weight excluding hydrogens is 352 g/mol. The average Bonchev–Trinajstić information content (AvgIpc) is 3.03. The van der Waals surface area contributed by atoms with Crippen LogP contribution >= 0.6 is 0 Å². The van der Waals surface area contributed by atoms with Crippen molar-refractivity contribution in [2.75, 3.05) is 0 Å². The van der Waals surface area contributed by atoms with E-state index in [-0.39, 0.29) is 6.10 Å². The molecule has 1 N–H and O–H groups in total. The van der Waals surface area contributed by atoms with Crippen molar-refractivity contribution in [3.8, 4) is 0 Å². The number of aliphatic hydroxyl groups is 1. The van der Waals surface area contributed by atoms with Crippen LogP contribution in [0.1, 0.15) is 99.3 Å². The van der Waals surface area contributed by atoms with Gasteiger partial charge in [-0.3, -0.25) is 0 Å². The van der Waals surface area contributed by atoms with Crippen LogP contribution in [0.15, 0.2) is 12.2 Å². The highest BCUT2D eigenvalue weighted by atomic mass is 16.3. The van der Waals surface area contributed by atoms with Crippen LogP contribution in [0.25, 0.3) is 0 Å². The van der Waals surface area contributed by atoms with Gasteiger partial charge in [-0.25, -0.2) is 0 Å². The first-order valence-corrected chi connectivity index (χ1v) is 13.0. The fraction of sp³-hybridized carbons (Fsp3) is 0.929. The summed E-state index contributed by atoms with van der Waals surface area (Å²) in [7, 11) is 0. The summed E-state index contributed by atoms with van der Waals surface area (Å²) >= 11 is 0. The number of rotatable bonds is 4. The molecule has 1 heteroatoms. The van der Waals surface area contributed by atoms with Crippen molar-refractivity contribution in [1.29, 1.82) is 0 Å². The lowest BCUT2D eigenvalue weighted by atomic mass is 9.44. The maximum absolute atomic E-state index is 10.3.